The number of nitrogens with one attached hydrogen (secondary N) is 1. The molecule has 120 valence electrons. The zero-order chi connectivity index (χ0) is 16.0. The number of likely N-dealkylation sites (N-methyl/N-ethyl adjacent to an activating group) is 1. The van der Waals surface area contributed by atoms with Gasteiger partial charge in [-0.1, -0.05) is 19.0 Å². The van der Waals surface area contributed by atoms with Crippen molar-refractivity contribution < 1.29 is 19.5 Å². The summed E-state index contributed by atoms with van der Waals surface area (Å²) in [4.78, 5) is 26.3. The second-order valence-corrected chi connectivity index (χ2v) is 4.98. The number of rotatable bonds is 5. The van der Waals surface area contributed by atoms with E-state index < -0.39 is 11.5 Å². The lowest BCUT2D eigenvalue weighted by atomic mass is 9.79. The summed E-state index contributed by atoms with van der Waals surface area (Å²) < 4.78 is 5.29. The largest absolute Gasteiger partial charge is 0.409 e. The SMILES string of the molecule is CCC(CC)(C(=O)N1CCOCC1C(=O)NC)C(N)=NO. The average Bonchev–Trinajstić information content (AvgIpc) is 2.55. The van der Waals surface area contributed by atoms with Crippen molar-refractivity contribution in [3.8, 4) is 0 Å². The Kier molecular flexibility index (Phi) is 5.95. The molecular weight excluding hydrogens is 276 g/mol. The van der Waals surface area contributed by atoms with Crippen molar-refractivity contribution in [2.75, 3.05) is 26.8 Å². The molecule has 8 nitrogen and oxygen atoms in total. The van der Waals surface area contributed by atoms with Crippen LogP contribution in [0.25, 0.3) is 0 Å². The Hall–Kier alpha value is -1.83. The first-order valence-electron chi connectivity index (χ1n) is 7.06. The highest BCUT2D eigenvalue weighted by molar-refractivity contribution is 6.07. The zero-order valence-corrected chi connectivity index (χ0v) is 12.8. The van der Waals surface area contributed by atoms with Crippen LogP contribution in [0.2, 0.25) is 0 Å². The molecule has 1 aliphatic rings. The molecule has 1 heterocycles. The van der Waals surface area contributed by atoms with E-state index in [0.29, 0.717) is 26.0 Å². The van der Waals surface area contributed by atoms with Crippen molar-refractivity contribution in [3.63, 3.8) is 0 Å². The molecule has 0 saturated carbocycles. The number of carbonyl (C=O) groups is 2. The third-order valence-electron chi connectivity index (χ3n) is 4.15. The van der Waals surface area contributed by atoms with Crippen LogP contribution in [0.4, 0.5) is 0 Å². The number of nitrogens with two attached hydrogens (primary N) is 1. The summed E-state index contributed by atoms with van der Waals surface area (Å²) in [7, 11) is 1.51. The van der Waals surface area contributed by atoms with Crippen LogP contribution in [0.5, 0.6) is 0 Å². The van der Waals surface area contributed by atoms with Crippen molar-refractivity contribution >= 4 is 17.6 Å². The van der Waals surface area contributed by atoms with Gasteiger partial charge in [-0.3, -0.25) is 9.59 Å². The number of amides is 2. The van der Waals surface area contributed by atoms with Gasteiger partial charge >= 0.3 is 0 Å². The van der Waals surface area contributed by atoms with E-state index >= 15 is 0 Å². The summed E-state index contributed by atoms with van der Waals surface area (Å²) in [6.45, 7) is 4.41. The van der Waals surface area contributed by atoms with Crippen molar-refractivity contribution in [2.45, 2.75) is 32.7 Å². The van der Waals surface area contributed by atoms with E-state index in [1.54, 1.807) is 13.8 Å². The van der Waals surface area contributed by atoms with Crippen molar-refractivity contribution in [3.05, 3.63) is 0 Å². The highest BCUT2D eigenvalue weighted by atomic mass is 16.5. The smallest absolute Gasteiger partial charge is 0.244 e. The molecule has 21 heavy (non-hydrogen) atoms. The van der Waals surface area contributed by atoms with Crippen LogP contribution >= 0.6 is 0 Å². The normalized spacial score (nSPS) is 20.2. The number of carbonyl (C=O) groups excluding carboxylic acids is 2. The summed E-state index contributed by atoms with van der Waals surface area (Å²) in [5.74, 6) is -0.719. The van der Waals surface area contributed by atoms with Gasteiger partial charge in [0.05, 0.1) is 13.2 Å². The van der Waals surface area contributed by atoms with Gasteiger partial charge in [-0.25, -0.2) is 0 Å². The van der Waals surface area contributed by atoms with E-state index in [0.717, 1.165) is 0 Å². The Morgan fingerprint density at radius 2 is 2.10 bits per heavy atom. The lowest BCUT2D eigenvalue weighted by molar-refractivity contribution is -0.154. The first-order chi connectivity index (χ1) is 9.98. The fraction of sp³-hybridized carbons (Fsp3) is 0.769. The lowest BCUT2D eigenvalue weighted by Crippen LogP contribution is -2.61. The molecule has 0 aromatic heterocycles. The highest BCUT2D eigenvalue weighted by Gasteiger charge is 2.46. The summed E-state index contributed by atoms with van der Waals surface area (Å²) in [6, 6.07) is -0.694. The summed E-state index contributed by atoms with van der Waals surface area (Å²) in [5, 5.41) is 14.5. The number of hydrogen-bond donors (Lipinski definition) is 3. The van der Waals surface area contributed by atoms with Crippen LogP contribution in [0.15, 0.2) is 5.16 Å². The zero-order valence-electron chi connectivity index (χ0n) is 12.8. The first-order valence-corrected chi connectivity index (χ1v) is 7.06. The molecule has 2 amide bonds. The molecule has 4 N–H and O–H groups in total. The van der Waals surface area contributed by atoms with Gasteiger partial charge in [-0.05, 0) is 12.8 Å². The second kappa shape index (κ2) is 7.26. The molecule has 0 spiro atoms. The minimum atomic E-state index is -1.10. The highest BCUT2D eigenvalue weighted by Crippen LogP contribution is 2.31. The number of morpholine rings is 1. The second-order valence-electron chi connectivity index (χ2n) is 4.98. The summed E-state index contributed by atoms with van der Waals surface area (Å²) >= 11 is 0. The van der Waals surface area contributed by atoms with E-state index in [9.17, 15) is 9.59 Å². The molecule has 0 aromatic rings. The van der Waals surface area contributed by atoms with E-state index in [1.807, 2.05) is 0 Å². The van der Waals surface area contributed by atoms with Gasteiger partial charge in [0, 0.05) is 13.6 Å². The molecular formula is C13H24N4O4. The number of oxime groups is 1. The molecule has 1 saturated heterocycles. The Balaban J connectivity index is 3.14. The predicted octanol–water partition coefficient (Wildman–Crippen LogP) is -0.487. The Morgan fingerprint density at radius 1 is 1.48 bits per heavy atom. The maximum Gasteiger partial charge on any atom is 0.244 e. The summed E-state index contributed by atoms with van der Waals surface area (Å²) in [6.07, 6.45) is 0.770. The maximum atomic E-state index is 12.9. The summed E-state index contributed by atoms with van der Waals surface area (Å²) in [5.41, 5.74) is 4.66. The Bertz CT molecular complexity index is 420. The van der Waals surface area contributed by atoms with Crippen molar-refractivity contribution in [2.24, 2.45) is 16.3 Å². The monoisotopic (exact) mass is 300 g/mol. The van der Waals surface area contributed by atoms with Crippen LogP contribution in [0.3, 0.4) is 0 Å². The molecule has 0 bridgehead atoms. The van der Waals surface area contributed by atoms with Gasteiger partial charge in [-0.15, -0.1) is 0 Å². The van der Waals surface area contributed by atoms with Crippen LogP contribution in [0, 0.1) is 5.41 Å². The van der Waals surface area contributed by atoms with Crippen LogP contribution in [-0.2, 0) is 14.3 Å². The molecule has 0 aromatic carbocycles. The minimum Gasteiger partial charge on any atom is -0.409 e. The van der Waals surface area contributed by atoms with Gasteiger partial charge in [0.15, 0.2) is 5.84 Å². The molecule has 1 unspecified atom stereocenters. The molecule has 1 fully saturated rings. The lowest BCUT2D eigenvalue weighted by Gasteiger charge is -2.40. The van der Waals surface area contributed by atoms with Crippen molar-refractivity contribution in [1.82, 2.24) is 10.2 Å². The van der Waals surface area contributed by atoms with E-state index in [1.165, 1.54) is 11.9 Å². The van der Waals surface area contributed by atoms with Gasteiger partial charge in [-0.2, -0.15) is 0 Å². The first kappa shape index (κ1) is 17.2. The average molecular weight is 300 g/mol. The maximum absolute atomic E-state index is 12.9. The third-order valence-corrected chi connectivity index (χ3v) is 4.15. The topological polar surface area (TPSA) is 117 Å². The third kappa shape index (κ3) is 3.10. The Labute approximate surface area is 124 Å². The molecule has 0 radical (unpaired) electrons. The number of nitrogens with zero attached hydrogens (tertiary/aromatic N) is 2. The molecule has 1 rings (SSSR count). The van der Waals surface area contributed by atoms with Crippen molar-refractivity contribution in [1.29, 1.82) is 0 Å². The van der Waals surface area contributed by atoms with E-state index in [-0.39, 0.29) is 24.3 Å². The molecule has 0 aliphatic carbocycles. The van der Waals surface area contributed by atoms with Gasteiger partial charge in [0.25, 0.3) is 0 Å². The fourth-order valence-corrected chi connectivity index (χ4v) is 2.63. The van der Waals surface area contributed by atoms with Crippen LogP contribution in [0.1, 0.15) is 26.7 Å². The molecule has 1 aliphatic heterocycles. The standard InChI is InChI=1S/C13H24N4O4/c1-4-13(5-2,11(14)16-20)12(19)17-6-7-21-8-9(17)10(18)15-3/h9,20H,4-8H2,1-3H3,(H2,14,16)(H,15,18). The van der Waals surface area contributed by atoms with E-state index in [4.69, 9.17) is 15.7 Å². The predicted molar refractivity (Wildman–Crippen MR) is 76.8 cm³/mol. The quantitative estimate of drug-likeness (QED) is 0.274. The van der Waals surface area contributed by atoms with E-state index in [2.05, 4.69) is 10.5 Å². The Morgan fingerprint density at radius 3 is 2.57 bits per heavy atom. The fourth-order valence-electron chi connectivity index (χ4n) is 2.63. The van der Waals surface area contributed by atoms with Gasteiger partial charge < -0.3 is 25.9 Å². The van der Waals surface area contributed by atoms with Crippen LogP contribution in [-0.4, -0.2) is 60.6 Å². The molecule has 1 atom stereocenters. The van der Waals surface area contributed by atoms with Gasteiger partial charge in [0.1, 0.15) is 11.5 Å². The number of hydrogen-bond acceptors (Lipinski definition) is 5. The van der Waals surface area contributed by atoms with Gasteiger partial charge in [0.2, 0.25) is 11.8 Å². The number of ether oxygens (including phenoxy) is 1. The number of amidine groups is 1. The van der Waals surface area contributed by atoms with Crippen LogP contribution < -0.4 is 11.1 Å². The minimum absolute atomic E-state index is 0.125. The molecule has 8 heteroatoms.